The molecule has 0 saturated carbocycles. The highest BCUT2D eigenvalue weighted by atomic mass is 32.1. The summed E-state index contributed by atoms with van der Waals surface area (Å²) in [6, 6.07) is 4.23. The van der Waals surface area contributed by atoms with Crippen molar-refractivity contribution in [2.24, 2.45) is 0 Å². The second kappa shape index (κ2) is 7.62. The Hall–Kier alpha value is -1.46. The molecule has 3 rings (SSSR count). The van der Waals surface area contributed by atoms with Gasteiger partial charge in [0.25, 0.3) is 0 Å². The minimum Gasteiger partial charge on any atom is -0.376 e. The van der Waals surface area contributed by atoms with E-state index in [1.54, 1.807) is 11.3 Å². The fourth-order valence-corrected chi connectivity index (χ4v) is 4.24. The van der Waals surface area contributed by atoms with Crippen LogP contribution in [0.4, 0.5) is 5.13 Å². The highest BCUT2D eigenvalue weighted by Crippen LogP contribution is 2.34. The SMILES string of the molecule is CCCCC(=O)N(CC1CCCO1)c1nc2c(C)ccc(C)c2s1. The molecule has 2 heterocycles. The first-order valence-corrected chi connectivity index (χ1v) is 9.70. The number of rotatable bonds is 6. The van der Waals surface area contributed by atoms with Gasteiger partial charge in [-0.25, -0.2) is 4.98 Å². The average molecular weight is 346 g/mol. The third-order valence-corrected chi connectivity index (χ3v) is 5.83. The maximum atomic E-state index is 12.8. The van der Waals surface area contributed by atoms with Crippen LogP contribution >= 0.6 is 11.3 Å². The summed E-state index contributed by atoms with van der Waals surface area (Å²) in [6.07, 6.45) is 4.78. The summed E-state index contributed by atoms with van der Waals surface area (Å²) in [4.78, 5) is 19.5. The van der Waals surface area contributed by atoms with Crippen LogP contribution in [-0.2, 0) is 9.53 Å². The lowest BCUT2D eigenvalue weighted by Gasteiger charge is -2.23. The highest BCUT2D eigenvalue weighted by Gasteiger charge is 2.26. The van der Waals surface area contributed by atoms with E-state index in [-0.39, 0.29) is 12.0 Å². The van der Waals surface area contributed by atoms with E-state index < -0.39 is 0 Å². The molecule has 1 aromatic heterocycles. The molecule has 1 unspecified atom stereocenters. The molecule has 1 saturated heterocycles. The van der Waals surface area contributed by atoms with Gasteiger partial charge in [0, 0.05) is 13.0 Å². The van der Waals surface area contributed by atoms with E-state index in [1.807, 2.05) is 4.90 Å². The molecular weight excluding hydrogens is 320 g/mol. The number of hydrogen-bond donors (Lipinski definition) is 0. The van der Waals surface area contributed by atoms with Gasteiger partial charge in [-0.15, -0.1) is 0 Å². The molecule has 1 amide bonds. The standard InChI is InChI=1S/C19H26N2O2S/c1-4-5-8-16(22)21(12-15-7-6-11-23-15)19-20-17-13(2)9-10-14(3)18(17)24-19/h9-10,15H,4-8,11-12H2,1-3H3. The van der Waals surface area contributed by atoms with Crippen molar-refractivity contribution in [3.63, 3.8) is 0 Å². The van der Waals surface area contributed by atoms with Gasteiger partial charge in [0.05, 0.1) is 22.9 Å². The summed E-state index contributed by atoms with van der Waals surface area (Å²) in [6.45, 7) is 7.73. The predicted molar refractivity (Wildman–Crippen MR) is 99.9 cm³/mol. The molecule has 1 aliphatic heterocycles. The number of aromatic nitrogens is 1. The Morgan fingerprint density at radius 2 is 2.17 bits per heavy atom. The predicted octanol–water partition coefficient (Wildman–Crippen LogP) is 4.62. The number of anilines is 1. The monoisotopic (exact) mass is 346 g/mol. The van der Waals surface area contributed by atoms with E-state index in [0.717, 1.165) is 48.5 Å². The molecule has 5 heteroatoms. The lowest BCUT2D eigenvalue weighted by atomic mass is 10.1. The minimum absolute atomic E-state index is 0.143. The van der Waals surface area contributed by atoms with E-state index in [4.69, 9.17) is 9.72 Å². The number of unbranched alkanes of at least 4 members (excludes halogenated alkanes) is 1. The van der Waals surface area contributed by atoms with Gasteiger partial charge < -0.3 is 4.74 Å². The number of nitrogens with zero attached hydrogens (tertiary/aromatic N) is 2. The van der Waals surface area contributed by atoms with E-state index >= 15 is 0 Å². The van der Waals surface area contributed by atoms with Gasteiger partial charge >= 0.3 is 0 Å². The summed E-state index contributed by atoms with van der Waals surface area (Å²) < 4.78 is 6.95. The van der Waals surface area contributed by atoms with Crippen molar-refractivity contribution in [1.82, 2.24) is 4.98 Å². The van der Waals surface area contributed by atoms with Crippen LogP contribution in [0.3, 0.4) is 0 Å². The normalized spacial score (nSPS) is 17.5. The topological polar surface area (TPSA) is 42.4 Å². The average Bonchev–Trinajstić information content (AvgIpc) is 3.23. The van der Waals surface area contributed by atoms with Crippen molar-refractivity contribution in [1.29, 1.82) is 0 Å². The van der Waals surface area contributed by atoms with Gasteiger partial charge in [0.15, 0.2) is 5.13 Å². The number of benzene rings is 1. The van der Waals surface area contributed by atoms with Crippen molar-refractivity contribution in [3.05, 3.63) is 23.3 Å². The lowest BCUT2D eigenvalue weighted by Crippen LogP contribution is -2.37. The van der Waals surface area contributed by atoms with Gasteiger partial charge in [-0.1, -0.05) is 36.8 Å². The van der Waals surface area contributed by atoms with Crippen molar-refractivity contribution in [3.8, 4) is 0 Å². The van der Waals surface area contributed by atoms with Gasteiger partial charge in [-0.3, -0.25) is 9.69 Å². The third kappa shape index (κ3) is 3.62. The highest BCUT2D eigenvalue weighted by molar-refractivity contribution is 7.22. The van der Waals surface area contributed by atoms with Gasteiger partial charge in [-0.05, 0) is 44.2 Å². The Morgan fingerprint density at radius 1 is 1.38 bits per heavy atom. The molecule has 1 fully saturated rings. The third-order valence-electron chi connectivity index (χ3n) is 4.62. The maximum absolute atomic E-state index is 12.8. The Bertz CT molecular complexity index is 680. The molecule has 1 atom stereocenters. The molecule has 1 aromatic carbocycles. The zero-order valence-corrected chi connectivity index (χ0v) is 15.6. The van der Waals surface area contributed by atoms with Crippen molar-refractivity contribution in [2.75, 3.05) is 18.1 Å². The molecule has 0 aliphatic carbocycles. The van der Waals surface area contributed by atoms with Crippen LogP contribution in [0.5, 0.6) is 0 Å². The Kier molecular flexibility index (Phi) is 5.51. The number of hydrogen-bond acceptors (Lipinski definition) is 4. The van der Waals surface area contributed by atoms with Crippen LogP contribution in [0.1, 0.15) is 50.2 Å². The van der Waals surface area contributed by atoms with E-state index in [2.05, 4.69) is 32.9 Å². The number of fused-ring (bicyclic) bond motifs is 1. The summed E-state index contributed by atoms with van der Waals surface area (Å²) in [5, 5.41) is 0.819. The van der Waals surface area contributed by atoms with Crippen LogP contribution in [0, 0.1) is 13.8 Å². The van der Waals surface area contributed by atoms with Crippen LogP contribution in [0.25, 0.3) is 10.2 Å². The molecule has 2 aromatic rings. The first-order chi connectivity index (χ1) is 11.6. The van der Waals surface area contributed by atoms with Crippen molar-refractivity contribution >= 4 is 32.6 Å². The van der Waals surface area contributed by atoms with Crippen molar-refractivity contribution < 1.29 is 9.53 Å². The number of ether oxygens (including phenoxy) is 1. The molecular formula is C19H26N2O2S. The summed E-state index contributed by atoms with van der Waals surface area (Å²) >= 11 is 1.63. The minimum atomic E-state index is 0.143. The molecule has 24 heavy (non-hydrogen) atoms. The van der Waals surface area contributed by atoms with Gasteiger partial charge in [-0.2, -0.15) is 0 Å². The molecule has 0 bridgehead atoms. The largest absolute Gasteiger partial charge is 0.376 e. The van der Waals surface area contributed by atoms with E-state index in [1.165, 1.54) is 10.3 Å². The first kappa shape index (κ1) is 17.4. The first-order valence-electron chi connectivity index (χ1n) is 8.89. The van der Waals surface area contributed by atoms with Gasteiger partial charge in [0.2, 0.25) is 5.91 Å². The van der Waals surface area contributed by atoms with Crippen LogP contribution in [0.2, 0.25) is 0 Å². The molecule has 1 aliphatic rings. The Balaban J connectivity index is 1.92. The van der Waals surface area contributed by atoms with E-state index in [9.17, 15) is 4.79 Å². The summed E-state index contributed by atoms with van der Waals surface area (Å²) in [5.74, 6) is 0.168. The summed E-state index contributed by atoms with van der Waals surface area (Å²) in [5.41, 5.74) is 3.41. The lowest BCUT2D eigenvalue weighted by molar-refractivity contribution is -0.119. The fourth-order valence-electron chi connectivity index (χ4n) is 3.10. The smallest absolute Gasteiger partial charge is 0.228 e. The second-order valence-corrected chi connectivity index (χ2v) is 7.59. The van der Waals surface area contributed by atoms with E-state index in [0.29, 0.717) is 13.0 Å². The number of amides is 1. The van der Waals surface area contributed by atoms with Crippen LogP contribution in [0.15, 0.2) is 12.1 Å². The zero-order valence-electron chi connectivity index (χ0n) is 14.8. The fraction of sp³-hybridized carbons (Fsp3) is 0.579. The molecule has 130 valence electrons. The van der Waals surface area contributed by atoms with Gasteiger partial charge in [0.1, 0.15) is 0 Å². The van der Waals surface area contributed by atoms with Crippen LogP contribution in [-0.4, -0.2) is 30.1 Å². The van der Waals surface area contributed by atoms with Crippen LogP contribution < -0.4 is 4.90 Å². The summed E-state index contributed by atoms with van der Waals surface area (Å²) in [7, 11) is 0. The Labute approximate surface area is 147 Å². The molecule has 0 spiro atoms. The number of aryl methyl sites for hydroxylation is 2. The maximum Gasteiger partial charge on any atom is 0.228 e. The number of carbonyl (C=O) groups is 1. The quantitative estimate of drug-likeness (QED) is 0.767. The Morgan fingerprint density at radius 3 is 2.83 bits per heavy atom. The number of thiazole rings is 1. The van der Waals surface area contributed by atoms with Crippen molar-refractivity contribution in [2.45, 2.75) is 59.0 Å². The second-order valence-electron chi connectivity index (χ2n) is 6.62. The number of carbonyl (C=O) groups excluding carboxylic acids is 1. The zero-order chi connectivity index (χ0) is 17.1. The molecule has 4 nitrogen and oxygen atoms in total. The molecule has 0 radical (unpaired) electrons. The molecule has 0 N–H and O–H groups in total.